The highest BCUT2D eigenvalue weighted by molar-refractivity contribution is 6.00. The van der Waals surface area contributed by atoms with Gasteiger partial charge in [-0.3, -0.25) is 4.79 Å². The van der Waals surface area contributed by atoms with E-state index in [9.17, 15) is 4.79 Å². The second-order valence-electron chi connectivity index (χ2n) is 4.92. The van der Waals surface area contributed by atoms with E-state index in [0.717, 1.165) is 35.8 Å². The number of hydrogen-bond donors (Lipinski definition) is 1. The van der Waals surface area contributed by atoms with E-state index in [2.05, 4.69) is 4.98 Å². The van der Waals surface area contributed by atoms with Crippen LogP contribution < -0.4 is 4.74 Å². The maximum absolute atomic E-state index is 11.1. The largest absolute Gasteiger partial charge is 0.490 e. The minimum Gasteiger partial charge on any atom is -0.490 e. The first-order chi connectivity index (χ1) is 8.88. The van der Waals surface area contributed by atoms with E-state index in [-0.39, 0.29) is 0 Å². The van der Waals surface area contributed by atoms with Crippen LogP contribution in [0.15, 0.2) is 24.4 Å². The Morgan fingerprint density at radius 1 is 1.22 bits per heavy atom. The molecule has 0 spiro atoms. The summed E-state index contributed by atoms with van der Waals surface area (Å²) >= 11 is 0. The van der Waals surface area contributed by atoms with Crippen molar-refractivity contribution in [2.75, 3.05) is 0 Å². The number of rotatable bonds is 3. The summed E-state index contributed by atoms with van der Waals surface area (Å²) < 4.78 is 6.09. The standard InChI is InChI=1S/C15H17NO2/c17-10-11-9-16-13-7-4-8-14(15(11)13)18-12-5-2-1-3-6-12/h4,7-10,12,16H,1-3,5-6H2. The molecule has 1 aromatic heterocycles. The molecule has 1 saturated carbocycles. The third-order valence-corrected chi connectivity index (χ3v) is 3.67. The summed E-state index contributed by atoms with van der Waals surface area (Å²) in [5.41, 5.74) is 1.64. The molecule has 0 bridgehead atoms. The Bertz CT molecular complexity index is 553. The first kappa shape index (κ1) is 11.3. The van der Waals surface area contributed by atoms with E-state index in [1.165, 1.54) is 19.3 Å². The number of aromatic amines is 1. The van der Waals surface area contributed by atoms with Gasteiger partial charge in [0.05, 0.1) is 11.5 Å². The highest BCUT2D eigenvalue weighted by Gasteiger charge is 2.17. The van der Waals surface area contributed by atoms with Crippen molar-refractivity contribution >= 4 is 17.2 Å². The van der Waals surface area contributed by atoms with Crippen molar-refractivity contribution in [2.24, 2.45) is 0 Å². The molecule has 2 aromatic rings. The van der Waals surface area contributed by atoms with Crippen LogP contribution in [0.1, 0.15) is 42.5 Å². The van der Waals surface area contributed by atoms with E-state index >= 15 is 0 Å². The normalized spacial score (nSPS) is 16.9. The summed E-state index contributed by atoms with van der Waals surface area (Å²) in [6.07, 6.45) is 8.97. The van der Waals surface area contributed by atoms with Crippen molar-refractivity contribution in [3.63, 3.8) is 0 Å². The molecule has 0 atom stereocenters. The average Bonchev–Trinajstić information content (AvgIpc) is 2.84. The molecule has 3 heteroatoms. The van der Waals surface area contributed by atoms with Gasteiger partial charge in [0.2, 0.25) is 0 Å². The van der Waals surface area contributed by atoms with Gasteiger partial charge in [-0.05, 0) is 37.8 Å². The van der Waals surface area contributed by atoms with Crippen LogP contribution in [-0.2, 0) is 0 Å². The number of fused-ring (bicyclic) bond motifs is 1. The molecular weight excluding hydrogens is 226 g/mol. The van der Waals surface area contributed by atoms with Crippen LogP contribution in [-0.4, -0.2) is 17.4 Å². The zero-order chi connectivity index (χ0) is 12.4. The third kappa shape index (κ3) is 2.01. The molecule has 3 nitrogen and oxygen atoms in total. The number of nitrogens with one attached hydrogen (secondary N) is 1. The summed E-state index contributed by atoms with van der Waals surface area (Å²) in [5, 5.41) is 0.915. The maximum Gasteiger partial charge on any atom is 0.152 e. The van der Waals surface area contributed by atoms with Crippen LogP contribution in [0.5, 0.6) is 5.75 Å². The van der Waals surface area contributed by atoms with Gasteiger partial charge in [-0.2, -0.15) is 0 Å². The lowest BCUT2D eigenvalue weighted by molar-refractivity contribution is 0.112. The quantitative estimate of drug-likeness (QED) is 0.835. The SMILES string of the molecule is O=Cc1c[nH]c2cccc(OC3CCCCC3)c12. The number of aromatic nitrogens is 1. The van der Waals surface area contributed by atoms with E-state index < -0.39 is 0 Å². The molecule has 18 heavy (non-hydrogen) atoms. The maximum atomic E-state index is 11.1. The van der Waals surface area contributed by atoms with Gasteiger partial charge in [0.1, 0.15) is 5.75 Å². The lowest BCUT2D eigenvalue weighted by Gasteiger charge is -2.23. The van der Waals surface area contributed by atoms with Crippen LogP contribution in [0.3, 0.4) is 0 Å². The van der Waals surface area contributed by atoms with Crippen molar-refractivity contribution in [1.82, 2.24) is 4.98 Å². The molecule has 1 fully saturated rings. The lowest BCUT2D eigenvalue weighted by atomic mass is 9.97. The van der Waals surface area contributed by atoms with Crippen LogP contribution in [0.2, 0.25) is 0 Å². The average molecular weight is 243 g/mol. The molecular formula is C15H17NO2. The summed E-state index contributed by atoms with van der Waals surface area (Å²) in [6, 6.07) is 5.89. The van der Waals surface area contributed by atoms with Crippen molar-refractivity contribution in [3.8, 4) is 5.75 Å². The van der Waals surface area contributed by atoms with Crippen LogP contribution >= 0.6 is 0 Å². The highest BCUT2D eigenvalue weighted by atomic mass is 16.5. The van der Waals surface area contributed by atoms with Gasteiger partial charge in [-0.1, -0.05) is 12.5 Å². The Balaban J connectivity index is 1.94. The Hall–Kier alpha value is -1.77. The Labute approximate surface area is 106 Å². The van der Waals surface area contributed by atoms with Gasteiger partial charge in [0.15, 0.2) is 6.29 Å². The third-order valence-electron chi connectivity index (χ3n) is 3.67. The Kier molecular flexibility index (Phi) is 3.05. The fourth-order valence-electron chi connectivity index (χ4n) is 2.73. The molecule has 0 saturated heterocycles. The zero-order valence-electron chi connectivity index (χ0n) is 10.3. The predicted molar refractivity (Wildman–Crippen MR) is 71.2 cm³/mol. The van der Waals surface area contributed by atoms with E-state index in [1.54, 1.807) is 6.20 Å². The van der Waals surface area contributed by atoms with Gasteiger partial charge in [0.25, 0.3) is 0 Å². The summed E-state index contributed by atoms with van der Waals surface area (Å²) in [7, 11) is 0. The molecule has 1 aliphatic carbocycles. The molecule has 0 amide bonds. The number of carbonyl (C=O) groups excluding carboxylic acids is 1. The van der Waals surface area contributed by atoms with Crippen molar-refractivity contribution in [3.05, 3.63) is 30.0 Å². The van der Waals surface area contributed by atoms with Crippen LogP contribution in [0.25, 0.3) is 10.9 Å². The molecule has 94 valence electrons. The fraction of sp³-hybridized carbons (Fsp3) is 0.400. The molecule has 0 unspecified atom stereocenters. The zero-order valence-corrected chi connectivity index (χ0v) is 10.3. The molecule has 1 N–H and O–H groups in total. The number of aldehydes is 1. The van der Waals surface area contributed by atoms with E-state index in [4.69, 9.17) is 4.74 Å². The van der Waals surface area contributed by atoms with Crippen molar-refractivity contribution in [2.45, 2.75) is 38.2 Å². The number of H-pyrrole nitrogens is 1. The van der Waals surface area contributed by atoms with Crippen molar-refractivity contribution < 1.29 is 9.53 Å². The first-order valence-corrected chi connectivity index (χ1v) is 6.60. The summed E-state index contributed by atoms with van der Waals surface area (Å²) in [4.78, 5) is 14.2. The van der Waals surface area contributed by atoms with Gasteiger partial charge >= 0.3 is 0 Å². The van der Waals surface area contributed by atoms with Gasteiger partial charge in [-0.25, -0.2) is 0 Å². The lowest BCUT2D eigenvalue weighted by Crippen LogP contribution is -2.19. The topological polar surface area (TPSA) is 42.1 Å². The number of carbonyl (C=O) groups is 1. The molecule has 1 aliphatic rings. The molecule has 1 heterocycles. The Morgan fingerprint density at radius 2 is 2.06 bits per heavy atom. The van der Waals surface area contributed by atoms with Crippen LogP contribution in [0.4, 0.5) is 0 Å². The van der Waals surface area contributed by atoms with Gasteiger partial charge < -0.3 is 9.72 Å². The smallest absolute Gasteiger partial charge is 0.152 e. The fourth-order valence-corrected chi connectivity index (χ4v) is 2.73. The molecule has 3 rings (SSSR count). The Morgan fingerprint density at radius 3 is 2.83 bits per heavy atom. The monoisotopic (exact) mass is 243 g/mol. The predicted octanol–water partition coefficient (Wildman–Crippen LogP) is 3.69. The van der Waals surface area contributed by atoms with Gasteiger partial charge in [-0.15, -0.1) is 0 Å². The number of ether oxygens (including phenoxy) is 1. The van der Waals surface area contributed by atoms with E-state index in [1.807, 2.05) is 18.2 Å². The second-order valence-corrected chi connectivity index (χ2v) is 4.92. The molecule has 0 radical (unpaired) electrons. The second kappa shape index (κ2) is 4.84. The summed E-state index contributed by atoms with van der Waals surface area (Å²) in [5.74, 6) is 0.836. The highest BCUT2D eigenvalue weighted by Crippen LogP contribution is 2.31. The minimum atomic E-state index is 0.304. The summed E-state index contributed by atoms with van der Waals surface area (Å²) in [6.45, 7) is 0. The minimum absolute atomic E-state index is 0.304. The van der Waals surface area contributed by atoms with Crippen LogP contribution in [0, 0.1) is 0 Å². The van der Waals surface area contributed by atoms with Gasteiger partial charge in [0, 0.05) is 17.3 Å². The first-order valence-electron chi connectivity index (χ1n) is 6.60. The van der Waals surface area contributed by atoms with Crippen molar-refractivity contribution in [1.29, 1.82) is 0 Å². The molecule has 0 aliphatic heterocycles. The number of benzene rings is 1. The number of hydrogen-bond acceptors (Lipinski definition) is 2. The molecule has 1 aromatic carbocycles. The van der Waals surface area contributed by atoms with E-state index in [0.29, 0.717) is 11.7 Å².